The molecule has 6 rings (SSSR count). The van der Waals surface area contributed by atoms with Crippen LogP contribution in [-0.4, -0.2) is 40.5 Å². The Morgan fingerprint density at radius 2 is 1.92 bits per heavy atom. The van der Waals surface area contributed by atoms with Crippen LogP contribution < -0.4 is 4.74 Å². The number of oxime groups is 1. The Hall–Kier alpha value is -3.75. The fourth-order valence-corrected chi connectivity index (χ4v) is 5.21. The largest absolute Gasteiger partial charge is 0.495 e. The van der Waals surface area contributed by atoms with E-state index in [2.05, 4.69) is 21.1 Å². The summed E-state index contributed by atoms with van der Waals surface area (Å²) in [6.45, 7) is 2.77. The summed E-state index contributed by atoms with van der Waals surface area (Å²) < 4.78 is 49.3. The van der Waals surface area contributed by atoms with Crippen LogP contribution in [0.5, 0.6) is 5.75 Å². The molecule has 9 heteroatoms. The molecule has 0 N–H and O–H groups in total. The predicted octanol–water partition coefficient (Wildman–Crippen LogP) is 5.56. The van der Waals surface area contributed by atoms with Crippen molar-refractivity contribution in [1.29, 1.82) is 0 Å². The highest BCUT2D eigenvalue weighted by atomic mass is 19.2. The number of methoxy groups -OCH3 is 1. The normalized spacial score (nSPS) is 21.2. The molecule has 186 valence electrons. The minimum atomic E-state index is -1.47. The van der Waals surface area contributed by atoms with E-state index in [4.69, 9.17) is 9.57 Å². The number of benzene rings is 2. The van der Waals surface area contributed by atoms with E-state index in [0.29, 0.717) is 23.7 Å². The maximum Gasteiger partial charge on any atom is 0.194 e. The van der Waals surface area contributed by atoms with Crippen molar-refractivity contribution < 1.29 is 22.7 Å². The number of fused-ring (bicyclic) bond motifs is 1. The van der Waals surface area contributed by atoms with Crippen molar-refractivity contribution in [2.24, 2.45) is 10.6 Å². The van der Waals surface area contributed by atoms with Gasteiger partial charge < -0.3 is 19.0 Å². The summed E-state index contributed by atoms with van der Waals surface area (Å²) in [5, 5.41) is 4.34. The number of hydrogen-bond acceptors (Lipinski definition) is 5. The Bertz CT molecular complexity index is 1390. The number of amidine groups is 1. The standard InChI is InChI=1S/C27H25F3N4O2/c1-16-12-33(15-31-16)22-4-3-17(8-24(22)35-2)7-19-11-27(5-6-27)14-34-23(13-36-32-26(19)34)18-9-20(28)25(30)21(29)10-18/h3-4,7-10,12,15,23H,5-6,11,13-14H2,1-2H3/b19-7+. The molecule has 3 aromatic rings. The van der Waals surface area contributed by atoms with Crippen LogP contribution in [0.15, 0.2) is 53.6 Å². The van der Waals surface area contributed by atoms with Crippen molar-refractivity contribution in [3.05, 3.63) is 82.7 Å². The van der Waals surface area contributed by atoms with E-state index in [0.717, 1.165) is 53.9 Å². The molecule has 1 spiro atoms. The minimum absolute atomic E-state index is 0.0932. The average Bonchev–Trinajstić information content (AvgIpc) is 3.47. The van der Waals surface area contributed by atoms with Gasteiger partial charge >= 0.3 is 0 Å². The van der Waals surface area contributed by atoms with Gasteiger partial charge in [0.15, 0.2) is 23.3 Å². The molecule has 2 aliphatic heterocycles. The van der Waals surface area contributed by atoms with E-state index < -0.39 is 23.5 Å². The smallest absolute Gasteiger partial charge is 0.194 e. The van der Waals surface area contributed by atoms with Gasteiger partial charge in [-0.3, -0.25) is 0 Å². The van der Waals surface area contributed by atoms with E-state index >= 15 is 0 Å². The summed E-state index contributed by atoms with van der Waals surface area (Å²) in [5.41, 5.74) is 4.13. The van der Waals surface area contributed by atoms with E-state index in [1.165, 1.54) is 0 Å². The molecule has 1 aromatic heterocycles. The number of hydrogen-bond donors (Lipinski definition) is 0. The van der Waals surface area contributed by atoms with E-state index in [1.54, 1.807) is 13.4 Å². The lowest BCUT2D eigenvalue weighted by molar-refractivity contribution is 0.0479. The van der Waals surface area contributed by atoms with Gasteiger partial charge in [0.05, 0.1) is 30.9 Å². The highest BCUT2D eigenvalue weighted by Crippen LogP contribution is 2.55. The first kappa shape index (κ1) is 22.7. The molecule has 1 saturated heterocycles. The van der Waals surface area contributed by atoms with Crippen molar-refractivity contribution in [3.8, 4) is 11.4 Å². The number of aromatic nitrogens is 2. The first-order chi connectivity index (χ1) is 17.4. The Balaban J connectivity index is 1.37. The predicted molar refractivity (Wildman–Crippen MR) is 128 cm³/mol. The molecule has 3 aliphatic rings. The Labute approximate surface area is 206 Å². The van der Waals surface area contributed by atoms with Crippen molar-refractivity contribution in [1.82, 2.24) is 14.5 Å². The van der Waals surface area contributed by atoms with E-state index in [1.807, 2.05) is 35.9 Å². The third-order valence-corrected chi connectivity index (χ3v) is 7.27. The van der Waals surface area contributed by atoms with Gasteiger partial charge in [0.25, 0.3) is 0 Å². The van der Waals surface area contributed by atoms with Gasteiger partial charge in [-0.25, -0.2) is 18.2 Å². The molecule has 1 aliphatic carbocycles. The Kier molecular flexibility index (Phi) is 5.31. The van der Waals surface area contributed by atoms with Crippen molar-refractivity contribution in [2.45, 2.75) is 32.2 Å². The van der Waals surface area contributed by atoms with E-state index in [-0.39, 0.29) is 12.0 Å². The van der Waals surface area contributed by atoms with Gasteiger partial charge in [-0.05, 0) is 78.6 Å². The van der Waals surface area contributed by atoms with Crippen LogP contribution in [0.2, 0.25) is 0 Å². The molecule has 1 unspecified atom stereocenters. The summed E-state index contributed by atoms with van der Waals surface area (Å²) in [7, 11) is 1.63. The summed E-state index contributed by atoms with van der Waals surface area (Å²) in [6, 6.07) is 7.58. The number of rotatable bonds is 4. The number of halogens is 3. The van der Waals surface area contributed by atoms with Crippen LogP contribution >= 0.6 is 0 Å². The van der Waals surface area contributed by atoms with Crippen LogP contribution in [0, 0.1) is 29.8 Å². The molecule has 2 fully saturated rings. The zero-order valence-corrected chi connectivity index (χ0v) is 20.0. The highest BCUT2D eigenvalue weighted by Gasteiger charge is 2.51. The van der Waals surface area contributed by atoms with Crippen molar-refractivity contribution in [2.75, 3.05) is 20.3 Å². The Morgan fingerprint density at radius 3 is 2.58 bits per heavy atom. The molecular formula is C27H25F3N4O2. The third-order valence-electron chi connectivity index (χ3n) is 7.27. The number of ether oxygens (including phenoxy) is 1. The Morgan fingerprint density at radius 1 is 1.14 bits per heavy atom. The second kappa shape index (κ2) is 8.43. The van der Waals surface area contributed by atoms with Gasteiger partial charge in [-0.2, -0.15) is 0 Å². The maximum atomic E-state index is 14.0. The molecular weight excluding hydrogens is 469 g/mol. The topological polar surface area (TPSA) is 51.9 Å². The molecule has 6 nitrogen and oxygen atoms in total. The van der Waals surface area contributed by atoms with Crippen LogP contribution in [-0.2, 0) is 4.84 Å². The molecule has 3 heterocycles. The monoisotopic (exact) mass is 494 g/mol. The van der Waals surface area contributed by atoms with E-state index in [9.17, 15) is 13.2 Å². The van der Waals surface area contributed by atoms with Gasteiger partial charge in [0, 0.05) is 12.7 Å². The molecule has 2 aromatic carbocycles. The summed E-state index contributed by atoms with van der Waals surface area (Å²) in [6.07, 6.45) is 8.70. The molecule has 0 amide bonds. The zero-order chi connectivity index (χ0) is 25.0. The lowest BCUT2D eigenvalue weighted by Gasteiger charge is -2.43. The minimum Gasteiger partial charge on any atom is -0.495 e. The van der Waals surface area contributed by atoms with Crippen LogP contribution in [0.3, 0.4) is 0 Å². The lowest BCUT2D eigenvalue weighted by atomic mass is 9.87. The second-order valence-electron chi connectivity index (χ2n) is 9.85. The molecule has 0 radical (unpaired) electrons. The number of piperidine rings is 1. The SMILES string of the molecule is COc1cc(/C=C2\CC3(CC3)CN3C2=NOCC3c2cc(F)c(F)c(F)c2)ccc1-n1cnc(C)c1. The average molecular weight is 495 g/mol. The van der Waals surface area contributed by atoms with Crippen molar-refractivity contribution >= 4 is 11.9 Å². The molecule has 1 atom stereocenters. The second-order valence-corrected chi connectivity index (χ2v) is 9.85. The quantitative estimate of drug-likeness (QED) is 0.446. The number of aryl methyl sites for hydroxylation is 1. The molecule has 0 bridgehead atoms. The fourth-order valence-electron chi connectivity index (χ4n) is 5.21. The maximum absolute atomic E-state index is 14.0. The molecule has 36 heavy (non-hydrogen) atoms. The fraction of sp³-hybridized carbons (Fsp3) is 0.333. The van der Waals surface area contributed by atoms with Crippen LogP contribution in [0.25, 0.3) is 11.8 Å². The lowest BCUT2D eigenvalue weighted by Crippen LogP contribution is -2.48. The first-order valence-electron chi connectivity index (χ1n) is 11.9. The highest BCUT2D eigenvalue weighted by molar-refractivity contribution is 6.03. The summed E-state index contributed by atoms with van der Waals surface area (Å²) in [4.78, 5) is 11.9. The van der Waals surface area contributed by atoms with Crippen molar-refractivity contribution in [3.63, 3.8) is 0 Å². The van der Waals surface area contributed by atoms with Crippen LogP contribution in [0.4, 0.5) is 13.2 Å². The number of imidazole rings is 1. The summed E-state index contributed by atoms with van der Waals surface area (Å²) >= 11 is 0. The molecule has 1 saturated carbocycles. The van der Waals surface area contributed by atoms with Gasteiger partial charge in [0.1, 0.15) is 12.4 Å². The first-order valence-corrected chi connectivity index (χ1v) is 11.9. The number of nitrogens with zero attached hydrogens (tertiary/aromatic N) is 4. The third kappa shape index (κ3) is 3.92. The van der Waals surface area contributed by atoms with Gasteiger partial charge in [-0.1, -0.05) is 11.2 Å². The summed E-state index contributed by atoms with van der Waals surface area (Å²) in [5.74, 6) is -2.54. The van der Waals surface area contributed by atoms with Gasteiger partial charge in [-0.15, -0.1) is 0 Å². The van der Waals surface area contributed by atoms with Gasteiger partial charge in [0.2, 0.25) is 0 Å². The van der Waals surface area contributed by atoms with Crippen LogP contribution in [0.1, 0.15) is 42.1 Å². The zero-order valence-electron chi connectivity index (χ0n) is 20.0.